The van der Waals surface area contributed by atoms with Crippen molar-refractivity contribution in [3.8, 4) is 0 Å². The summed E-state index contributed by atoms with van der Waals surface area (Å²) in [5, 5.41) is 0. The molecule has 1 unspecified atom stereocenters. The predicted octanol–water partition coefficient (Wildman–Crippen LogP) is 3.73. The van der Waals surface area contributed by atoms with Crippen molar-refractivity contribution in [2.45, 2.75) is 36.0 Å². The molecule has 0 N–H and O–H groups in total. The van der Waals surface area contributed by atoms with Crippen LogP contribution in [0.5, 0.6) is 0 Å². The summed E-state index contributed by atoms with van der Waals surface area (Å²) in [7, 11) is 0. The SMILES string of the molecule is O=C1Cc2ccccc2C(I)C2=C(CCCC2)C1=O. The Hall–Kier alpha value is -0.970. The molecular formula is C16H15IO2. The highest BCUT2D eigenvalue weighted by atomic mass is 127. The fraction of sp³-hybridized carbons (Fsp3) is 0.375. The van der Waals surface area contributed by atoms with Crippen LogP contribution < -0.4 is 0 Å². The highest BCUT2D eigenvalue weighted by Gasteiger charge is 2.31. The number of rotatable bonds is 0. The van der Waals surface area contributed by atoms with E-state index in [1.165, 1.54) is 11.1 Å². The van der Waals surface area contributed by atoms with Gasteiger partial charge in [0.05, 0.1) is 3.92 Å². The first-order valence-corrected chi connectivity index (χ1v) is 7.94. The number of halogens is 1. The number of Topliss-reactive ketones (excluding diaryl/α,β-unsaturated/α-hetero) is 2. The molecule has 0 radical (unpaired) electrons. The number of hydrogen-bond donors (Lipinski definition) is 0. The first-order chi connectivity index (χ1) is 9.18. The summed E-state index contributed by atoms with van der Waals surface area (Å²) in [6.45, 7) is 0. The van der Waals surface area contributed by atoms with Gasteiger partial charge in [0.25, 0.3) is 0 Å². The number of carbonyl (C=O) groups is 2. The van der Waals surface area contributed by atoms with E-state index in [1.807, 2.05) is 18.2 Å². The molecule has 0 amide bonds. The zero-order valence-corrected chi connectivity index (χ0v) is 12.8. The highest BCUT2D eigenvalue weighted by molar-refractivity contribution is 14.1. The van der Waals surface area contributed by atoms with Crippen LogP contribution in [0.1, 0.15) is 40.7 Å². The lowest BCUT2D eigenvalue weighted by Crippen LogP contribution is -2.25. The molecule has 1 aromatic carbocycles. The van der Waals surface area contributed by atoms with Gasteiger partial charge in [-0.1, -0.05) is 46.9 Å². The van der Waals surface area contributed by atoms with E-state index in [2.05, 4.69) is 28.7 Å². The summed E-state index contributed by atoms with van der Waals surface area (Å²) in [4.78, 5) is 24.4. The Morgan fingerprint density at radius 1 is 1.05 bits per heavy atom. The fourth-order valence-electron chi connectivity index (χ4n) is 3.02. The summed E-state index contributed by atoms with van der Waals surface area (Å²) in [5.74, 6) is -0.476. The molecule has 2 aliphatic rings. The van der Waals surface area contributed by atoms with Crippen molar-refractivity contribution in [1.82, 2.24) is 0 Å². The number of hydrogen-bond acceptors (Lipinski definition) is 2. The number of allylic oxidation sites excluding steroid dienone is 2. The van der Waals surface area contributed by atoms with Crippen LogP contribution in [0.15, 0.2) is 35.4 Å². The standard InChI is InChI=1S/C16H15IO2/c17-15-11-6-2-1-5-10(11)9-14(18)16(19)13-8-4-3-7-12(13)15/h1-2,5-6,15H,3-4,7-9H2. The normalized spacial score (nSPS) is 23.5. The first-order valence-electron chi connectivity index (χ1n) is 6.70. The first kappa shape index (κ1) is 13.0. The number of benzene rings is 1. The van der Waals surface area contributed by atoms with Crippen LogP contribution in [0.3, 0.4) is 0 Å². The molecule has 0 bridgehead atoms. The van der Waals surface area contributed by atoms with Crippen LogP contribution in [0, 0.1) is 0 Å². The minimum Gasteiger partial charge on any atom is -0.290 e. The maximum absolute atomic E-state index is 12.3. The van der Waals surface area contributed by atoms with Gasteiger partial charge in [-0.2, -0.15) is 0 Å². The summed E-state index contributed by atoms with van der Waals surface area (Å²) in [5.41, 5.74) is 4.22. The molecule has 0 fully saturated rings. The van der Waals surface area contributed by atoms with E-state index >= 15 is 0 Å². The number of alkyl halides is 1. The van der Waals surface area contributed by atoms with Crippen LogP contribution in [-0.4, -0.2) is 11.6 Å². The quantitative estimate of drug-likeness (QED) is 0.398. The second kappa shape index (κ2) is 5.19. The fourth-order valence-corrected chi connectivity index (χ4v) is 4.31. The molecule has 2 aliphatic carbocycles. The van der Waals surface area contributed by atoms with Crippen LogP contribution in [0.4, 0.5) is 0 Å². The van der Waals surface area contributed by atoms with Crippen molar-refractivity contribution in [2.75, 3.05) is 0 Å². The third kappa shape index (κ3) is 2.29. The van der Waals surface area contributed by atoms with E-state index in [0.29, 0.717) is 0 Å². The van der Waals surface area contributed by atoms with Crippen molar-refractivity contribution in [3.63, 3.8) is 0 Å². The Labute approximate surface area is 126 Å². The van der Waals surface area contributed by atoms with Gasteiger partial charge >= 0.3 is 0 Å². The van der Waals surface area contributed by atoms with Crippen molar-refractivity contribution in [3.05, 3.63) is 46.5 Å². The van der Waals surface area contributed by atoms with Gasteiger partial charge in [0.15, 0.2) is 0 Å². The van der Waals surface area contributed by atoms with Crippen LogP contribution in [-0.2, 0) is 16.0 Å². The molecular weight excluding hydrogens is 351 g/mol. The highest BCUT2D eigenvalue weighted by Crippen LogP contribution is 2.42. The summed E-state index contributed by atoms with van der Waals surface area (Å²) >= 11 is 2.42. The summed E-state index contributed by atoms with van der Waals surface area (Å²) < 4.78 is 0.237. The summed E-state index contributed by atoms with van der Waals surface area (Å²) in [6, 6.07) is 8.02. The molecule has 3 heteroatoms. The minimum absolute atomic E-state index is 0.231. The molecule has 0 aromatic heterocycles. The maximum Gasteiger partial charge on any atom is 0.224 e. The van der Waals surface area contributed by atoms with E-state index in [0.717, 1.165) is 36.8 Å². The predicted molar refractivity (Wildman–Crippen MR) is 82.4 cm³/mol. The summed E-state index contributed by atoms with van der Waals surface area (Å²) in [6.07, 6.45) is 4.15. The largest absolute Gasteiger partial charge is 0.290 e. The monoisotopic (exact) mass is 366 g/mol. The molecule has 0 spiro atoms. The lowest BCUT2D eigenvalue weighted by Gasteiger charge is -2.27. The molecule has 1 atom stereocenters. The number of carbonyl (C=O) groups excluding carboxylic acids is 2. The van der Waals surface area contributed by atoms with Gasteiger partial charge in [0.1, 0.15) is 0 Å². The average molecular weight is 366 g/mol. The zero-order valence-electron chi connectivity index (χ0n) is 10.6. The Morgan fingerprint density at radius 3 is 2.63 bits per heavy atom. The maximum atomic E-state index is 12.3. The lowest BCUT2D eigenvalue weighted by molar-refractivity contribution is -0.134. The van der Waals surface area contributed by atoms with E-state index in [1.54, 1.807) is 0 Å². The Balaban J connectivity index is 2.18. The Morgan fingerprint density at radius 2 is 1.79 bits per heavy atom. The van der Waals surface area contributed by atoms with E-state index in [9.17, 15) is 9.59 Å². The van der Waals surface area contributed by atoms with E-state index < -0.39 is 0 Å². The molecule has 1 aromatic rings. The van der Waals surface area contributed by atoms with E-state index in [-0.39, 0.29) is 21.9 Å². The van der Waals surface area contributed by atoms with Gasteiger partial charge in [-0.3, -0.25) is 9.59 Å². The topological polar surface area (TPSA) is 34.1 Å². The van der Waals surface area contributed by atoms with Gasteiger partial charge in [0, 0.05) is 12.0 Å². The van der Waals surface area contributed by atoms with Crippen LogP contribution in [0.2, 0.25) is 0 Å². The molecule has 0 heterocycles. The minimum atomic E-state index is -0.245. The molecule has 0 aliphatic heterocycles. The number of fused-ring (bicyclic) bond motifs is 1. The smallest absolute Gasteiger partial charge is 0.224 e. The second-order valence-corrected chi connectivity index (χ2v) is 6.45. The van der Waals surface area contributed by atoms with Gasteiger partial charge in [-0.25, -0.2) is 0 Å². The van der Waals surface area contributed by atoms with Crippen molar-refractivity contribution in [1.29, 1.82) is 0 Å². The van der Waals surface area contributed by atoms with Gasteiger partial charge in [0.2, 0.25) is 11.6 Å². The lowest BCUT2D eigenvalue weighted by atomic mass is 9.81. The third-order valence-electron chi connectivity index (χ3n) is 4.02. The van der Waals surface area contributed by atoms with Gasteiger partial charge in [-0.15, -0.1) is 0 Å². The third-order valence-corrected chi connectivity index (χ3v) is 5.45. The molecule has 3 rings (SSSR count). The van der Waals surface area contributed by atoms with Crippen molar-refractivity contribution in [2.24, 2.45) is 0 Å². The average Bonchev–Trinajstić information content (AvgIpc) is 2.45. The molecule has 0 saturated carbocycles. The van der Waals surface area contributed by atoms with Crippen LogP contribution >= 0.6 is 22.6 Å². The van der Waals surface area contributed by atoms with E-state index in [4.69, 9.17) is 0 Å². The zero-order chi connectivity index (χ0) is 13.4. The van der Waals surface area contributed by atoms with Gasteiger partial charge in [-0.05, 0) is 42.4 Å². The Kier molecular flexibility index (Phi) is 3.56. The van der Waals surface area contributed by atoms with Gasteiger partial charge < -0.3 is 0 Å². The molecule has 19 heavy (non-hydrogen) atoms. The Bertz CT molecular complexity index is 586. The molecule has 0 saturated heterocycles. The van der Waals surface area contributed by atoms with Crippen molar-refractivity contribution >= 4 is 34.2 Å². The molecule has 98 valence electrons. The second-order valence-electron chi connectivity index (χ2n) is 5.20. The molecule has 2 nitrogen and oxygen atoms in total. The van der Waals surface area contributed by atoms with Crippen molar-refractivity contribution < 1.29 is 9.59 Å². The van der Waals surface area contributed by atoms with Crippen LogP contribution in [0.25, 0.3) is 0 Å². The number of ketones is 2.